The van der Waals surface area contributed by atoms with Crippen LogP contribution in [0.15, 0.2) is 23.7 Å². The number of aromatic nitrogens is 1. The van der Waals surface area contributed by atoms with Gasteiger partial charge in [-0.3, -0.25) is 0 Å². The zero-order chi connectivity index (χ0) is 15.0. The minimum Gasteiger partial charge on any atom is -0.479 e. The fourth-order valence-corrected chi connectivity index (χ4v) is 3.70. The SMILES string of the molecule is N#Cc1ccnc(N2CCc3sccc3C2C(=O)O)c1Cl. The zero-order valence-electron chi connectivity index (χ0n) is 10.8. The number of nitrogens with zero attached hydrogens (tertiary/aromatic N) is 3. The highest BCUT2D eigenvalue weighted by Crippen LogP contribution is 2.38. The molecule has 0 saturated heterocycles. The number of carboxylic acid groups (broad SMARTS) is 1. The van der Waals surface area contributed by atoms with E-state index in [1.165, 1.54) is 12.3 Å². The Morgan fingerprint density at radius 3 is 3.10 bits per heavy atom. The van der Waals surface area contributed by atoms with Crippen molar-refractivity contribution in [2.24, 2.45) is 0 Å². The van der Waals surface area contributed by atoms with E-state index in [1.807, 2.05) is 17.5 Å². The lowest BCUT2D eigenvalue weighted by molar-refractivity contribution is -0.138. The summed E-state index contributed by atoms with van der Waals surface area (Å²) < 4.78 is 0. The van der Waals surface area contributed by atoms with Crippen molar-refractivity contribution in [3.8, 4) is 6.07 Å². The molecule has 7 heteroatoms. The monoisotopic (exact) mass is 319 g/mol. The van der Waals surface area contributed by atoms with Crippen molar-refractivity contribution in [1.82, 2.24) is 4.98 Å². The molecule has 0 aliphatic carbocycles. The molecule has 0 radical (unpaired) electrons. The highest BCUT2D eigenvalue weighted by molar-refractivity contribution is 7.10. The number of aliphatic carboxylic acids is 1. The lowest BCUT2D eigenvalue weighted by Crippen LogP contribution is -2.39. The topological polar surface area (TPSA) is 77.2 Å². The summed E-state index contributed by atoms with van der Waals surface area (Å²) in [5, 5.41) is 20.7. The first kappa shape index (κ1) is 13.9. The number of carboxylic acids is 1. The standard InChI is InChI=1S/C14H10ClN3O2S/c15-11-8(7-16)1-4-17-13(11)18-5-2-10-9(3-6-21-10)12(18)14(19)20/h1,3-4,6,12H,2,5H2,(H,19,20). The molecular formula is C14H10ClN3O2S. The van der Waals surface area contributed by atoms with E-state index in [-0.39, 0.29) is 5.02 Å². The minimum atomic E-state index is -0.949. The Bertz CT molecular complexity index is 753. The van der Waals surface area contributed by atoms with Gasteiger partial charge in [0.1, 0.15) is 16.9 Å². The first-order chi connectivity index (χ1) is 10.1. The average Bonchev–Trinajstić information content (AvgIpc) is 2.94. The van der Waals surface area contributed by atoms with Crippen molar-refractivity contribution >= 4 is 34.7 Å². The number of halogens is 1. The van der Waals surface area contributed by atoms with Crippen LogP contribution in [0.1, 0.15) is 22.0 Å². The van der Waals surface area contributed by atoms with E-state index < -0.39 is 12.0 Å². The van der Waals surface area contributed by atoms with Crippen LogP contribution in [0.2, 0.25) is 5.02 Å². The van der Waals surface area contributed by atoms with Crippen LogP contribution in [0.5, 0.6) is 0 Å². The Morgan fingerprint density at radius 2 is 2.38 bits per heavy atom. The third-order valence-corrected chi connectivity index (χ3v) is 4.83. The third-order valence-electron chi connectivity index (χ3n) is 3.46. The van der Waals surface area contributed by atoms with Crippen LogP contribution in [0.3, 0.4) is 0 Å². The predicted molar refractivity (Wildman–Crippen MR) is 79.7 cm³/mol. The van der Waals surface area contributed by atoms with Crippen LogP contribution >= 0.6 is 22.9 Å². The quantitative estimate of drug-likeness (QED) is 0.921. The van der Waals surface area contributed by atoms with Crippen molar-refractivity contribution in [2.75, 3.05) is 11.4 Å². The molecule has 0 saturated carbocycles. The van der Waals surface area contributed by atoms with E-state index in [0.717, 1.165) is 16.9 Å². The molecule has 0 amide bonds. The fourth-order valence-electron chi connectivity index (χ4n) is 2.53. The van der Waals surface area contributed by atoms with Crippen molar-refractivity contribution < 1.29 is 9.90 Å². The summed E-state index contributed by atoms with van der Waals surface area (Å²) >= 11 is 7.76. The maximum absolute atomic E-state index is 11.7. The third kappa shape index (κ3) is 2.24. The van der Waals surface area contributed by atoms with Gasteiger partial charge in [0.25, 0.3) is 0 Å². The maximum atomic E-state index is 11.7. The van der Waals surface area contributed by atoms with E-state index in [0.29, 0.717) is 17.9 Å². The molecule has 106 valence electrons. The molecular weight excluding hydrogens is 310 g/mol. The Balaban J connectivity index is 2.11. The second kappa shape index (κ2) is 5.35. The molecule has 0 bridgehead atoms. The normalized spacial score (nSPS) is 17.1. The van der Waals surface area contributed by atoms with Gasteiger partial charge in [0.15, 0.2) is 6.04 Å². The molecule has 1 unspecified atom stereocenters. The number of nitriles is 1. The summed E-state index contributed by atoms with van der Waals surface area (Å²) in [7, 11) is 0. The first-order valence-corrected chi connectivity index (χ1v) is 7.49. The van der Waals surface area contributed by atoms with Gasteiger partial charge in [0.05, 0.1) is 5.56 Å². The number of carbonyl (C=O) groups is 1. The summed E-state index contributed by atoms with van der Waals surface area (Å²) in [4.78, 5) is 18.6. The van der Waals surface area contributed by atoms with Gasteiger partial charge in [-0.1, -0.05) is 11.6 Å². The highest BCUT2D eigenvalue weighted by Gasteiger charge is 2.35. The summed E-state index contributed by atoms with van der Waals surface area (Å²) in [6.07, 6.45) is 2.22. The van der Waals surface area contributed by atoms with Crippen LogP contribution in [-0.2, 0) is 11.2 Å². The molecule has 1 aliphatic heterocycles. The van der Waals surface area contributed by atoms with E-state index in [9.17, 15) is 9.90 Å². The molecule has 21 heavy (non-hydrogen) atoms. The van der Waals surface area contributed by atoms with Gasteiger partial charge in [-0.15, -0.1) is 11.3 Å². The number of fused-ring (bicyclic) bond motifs is 1. The van der Waals surface area contributed by atoms with Gasteiger partial charge >= 0.3 is 5.97 Å². The first-order valence-electron chi connectivity index (χ1n) is 6.23. The van der Waals surface area contributed by atoms with E-state index in [4.69, 9.17) is 16.9 Å². The van der Waals surface area contributed by atoms with Crippen molar-refractivity contribution in [1.29, 1.82) is 5.26 Å². The summed E-state index contributed by atoms with van der Waals surface area (Å²) in [5.74, 6) is -0.602. The molecule has 2 aromatic rings. The van der Waals surface area contributed by atoms with Crippen LogP contribution in [0, 0.1) is 11.3 Å². The van der Waals surface area contributed by atoms with Crippen molar-refractivity contribution in [3.63, 3.8) is 0 Å². The Morgan fingerprint density at radius 1 is 1.57 bits per heavy atom. The molecule has 3 rings (SSSR count). The van der Waals surface area contributed by atoms with E-state index in [1.54, 1.807) is 16.2 Å². The molecule has 5 nitrogen and oxygen atoms in total. The number of anilines is 1. The molecule has 0 aromatic carbocycles. The van der Waals surface area contributed by atoms with Crippen LogP contribution in [0.25, 0.3) is 0 Å². The van der Waals surface area contributed by atoms with Gasteiger partial charge in [-0.05, 0) is 29.5 Å². The van der Waals surface area contributed by atoms with Crippen LogP contribution in [-0.4, -0.2) is 22.6 Å². The average molecular weight is 320 g/mol. The smallest absolute Gasteiger partial charge is 0.331 e. The predicted octanol–water partition coefficient (Wildman–Crippen LogP) is 2.86. The summed E-state index contributed by atoms with van der Waals surface area (Å²) in [6.45, 7) is 0.506. The second-order valence-electron chi connectivity index (χ2n) is 4.59. The summed E-state index contributed by atoms with van der Waals surface area (Å²) in [5.41, 5.74) is 1.07. The second-order valence-corrected chi connectivity index (χ2v) is 5.97. The number of rotatable bonds is 2. The Hall–Kier alpha value is -2.10. The molecule has 1 atom stereocenters. The van der Waals surface area contributed by atoms with Gasteiger partial charge < -0.3 is 10.0 Å². The number of hydrogen-bond acceptors (Lipinski definition) is 5. The van der Waals surface area contributed by atoms with Crippen molar-refractivity contribution in [3.05, 3.63) is 44.7 Å². The molecule has 0 fully saturated rings. The van der Waals surface area contributed by atoms with E-state index >= 15 is 0 Å². The number of hydrogen-bond donors (Lipinski definition) is 1. The Labute approximate surface area is 130 Å². The molecule has 2 aromatic heterocycles. The van der Waals surface area contributed by atoms with Crippen molar-refractivity contribution in [2.45, 2.75) is 12.5 Å². The van der Waals surface area contributed by atoms with Gasteiger partial charge in [0, 0.05) is 17.6 Å². The van der Waals surface area contributed by atoms with Crippen LogP contribution < -0.4 is 4.90 Å². The van der Waals surface area contributed by atoms with Gasteiger partial charge in [0.2, 0.25) is 0 Å². The lowest BCUT2D eigenvalue weighted by atomic mass is 10.00. The van der Waals surface area contributed by atoms with Crippen LogP contribution in [0.4, 0.5) is 5.82 Å². The fraction of sp³-hybridized carbons (Fsp3) is 0.214. The minimum absolute atomic E-state index is 0.199. The molecule has 3 heterocycles. The van der Waals surface area contributed by atoms with E-state index in [2.05, 4.69) is 4.98 Å². The molecule has 1 N–H and O–H groups in total. The number of pyridine rings is 1. The molecule has 0 spiro atoms. The largest absolute Gasteiger partial charge is 0.479 e. The van der Waals surface area contributed by atoms with Gasteiger partial charge in [-0.25, -0.2) is 9.78 Å². The zero-order valence-corrected chi connectivity index (χ0v) is 12.4. The highest BCUT2D eigenvalue weighted by atomic mass is 35.5. The summed E-state index contributed by atoms with van der Waals surface area (Å²) in [6, 6.07) is 4.51. The molecule has 1 aliphatic rings. The number of thiophene rings is 1. The maximum Gasteiger partial charge on any atom is 0.331 e. The lowest BCUT2D eigenvalue weighted by Gasteiger charge is -2.34. The van der Waals surface area contributed by atoms with Gasteiger partial charge in [-0.2, -0.15) is 5.26 Å². The Kier molecular flexibility index (Phi) is 3.53.